The van der Waals surface area contributed by atoms with Crippen molar-refractivity contribution in [1.82, 2.24) is 10.0 Å². The highest BCUT2D eigenvalue weighted by Crippen LogP contribution is 2.25. The fraction of sp³-hybridized carbons (Fsp3) is 0.208. The number of carbonyl (C=O) groups is 1. The summed E-state index contributed by atoms with van der Waals surface area (Å²) in [5, 5.41) is 2.98. The van der Waals surface area contributed by atoms with Gasteiger partial charge in [0.05, 0.1) is 17.4 Å². The van der Waals surface area contributed by atoms with Crippen molar-refractivity contribution >= 4 is 15.9 Å². The van der Waals surface area contributed by atoms with Gasteiger partial charge in [0.25, 0.3) is 0 Å². The molecule has 0 spiro atoms. The van der Waals surface area contributed by atoms with Gasteiger partial charge in [0, 0.05) is 20.2 Å². The van der Waals surface area contributed by atoms with Crippen molar-refractivity contribution in [1.29, 1.82) is 0 Å². The Morgan fingerprint density at radius 2 is 1.42 bits per heavy atom. The van der Waals surface area contributed by atoms with Crippen molar-refractivity contribution in [2.24, 2.45) is 0 Å². The minimum atomic E-state index is -3.58. The van der Waals surface area contributed by atoms with E-state index < -0.39 is 15.9 Å². The maximum atomic E-state index is 13.1. The molecule has 0 saturated heterocycles. The van der Waals surface area contributed by atoms with E-state index in [2.05, 4.69) is 10.0 Å². The number of hydrogen-bond donors (Lipinski definition) is 2. The molecule has 0 heterocycles. The molecule has 3 aromatic rings. The smallest absolute Gasteiger partial charge is 0.240 e. The first-order valence-corrected chi connectivity index (χ1v) is 11.4. The molecule has 3 rings (SSSR count). The Hall–Kier alpha value is -3.00. The molecule has 6 nitrogen and oxygen atoms in total. The van der Waals surface area contributed by atoms with Gasteiger partial charge < -0.3 is 10.1 Å². The molecule has 0 radical (unpaired) electrons. The van der Waals surface area contributed by atoms with Crippen molar-refractivity contribution < 1.29 is 17.9 Å². The van der Waals surface area contributed by atoms with Gasteiger partial charge in [-0.25, -0.2) is 13.1 Å². The van der Waals surface area contributed by atoms with Crippen molar-refractivity contribution in [2.75, 3.05) is 20.3 Å². The molecule has 3 aromatic carbocycles. The molecule has 0 aliphatic rings. The molecule has 0 bridgehead atoms. The van der Waals surface area contributed by atoms with E-state index in [4.69, 9.17) is 4.74 Å². The van der Waals surface area contributed by atoms with Gasteiger partial charge in [0.1, 0.15) is 0 Å². The lowest BCUT2D eigenvalue weighted by Gasteiger charge is -2.18. The molecule has 0 aliphatic heterocycles. The average molecular weight is 439 g/mol. The van der Waals surface area contributed by atoms with Crippen LogP contribution in [0.1, 0.15) is 22.6 Å². The van der Waals surface area contributed by atoms with Crippen LogP contribution < -0.4 is 10.0 Å². The fourth-order valence-corrected chi connectivity index (χ4v) is 4.24. The monoisotopic (exact) mass is 438 g/mol. The number of nitrogens with one attached hydrogen (secondary N) is 2. The highest BCUT2D eigenvalue weighted by molar-refractivity contribution is 7.89. The summed E-state index contributed by atoms with van der Waals surface area (Å²) in [7, 11) is -2.07. The zero-order valence-corrected chi connectivity index (χ0v) is 18.1. The molecular weight excluding hydrogens is 412 g/mol. The van der Waals surface area contributed by atoms with Crippen LogP contribution in [-0.2, 0) is 26.1 Å². The maximum absolute atomic E-state index is 13.1. The second-order valence-electron chi connectivity index (χ2n) is 7.01. The first-order chi connectivity index (χ1) is 15.0. The maximum Gasteiger partial charge on any atom is 0.240 e. The molecule has 31 heavy (non-hydrogen) atoms. The Morgan fingerprint density at radius 1 is 0.871 bits per heavy atom. The molecule has 0 saturated carbocycles. The highest BCUT2D eigenvalue weighted by atomic mass is 32.2. The van der Waals surface area contributed by atoms with Gasteiger partial charge in [0.15, 0.2) is 0 Å². The summed E-state index contributed by atoms with van der Waals surface area (Å²) in [6, 6.07) is 25.7. The van der Waals surface area contributed by atoms with Gasteiger partial charge in [-0.2, -0.15) is 0 Å². The molecule has 0 aliphatic carbocycles. The SMILES string of the molecule is COCCNS(=O)(=O)c1ccc(CNC(=O)C(c2ccccc2)c2ccccc2)cc1. The van der Waals surface area contributed by atoms with Crippen LogP contribution in [0.4, 0.5) is 0 Å². The van der Waals surface area contributed by atoms with E-state index in [9.17, 15) is 13.2 Å². The summed E-state index contributed by atoms with van der Waals surface area (Å²) in [5.74, 6) is -0.539. The largest absolute Gasteiger partial charge is 0.383 e. The van der Waals surface area contributed by atoms with Crippen LogP contribution in [0.5, 0.6) is 0 Å². The molecular formula is C24H26N2O4S. The number of amides is 1. The van der Waals surface area contributed by atoms with Crippen LogP contribution >= 0.6 is 0 Å². The first-order valence-electron chi connectivity index (χ1n) is 9.96. The van der Waals surface area contributed by atoms with E-state index in [1.807, 2.05) is 60.7 Å². The molecule has 0 aromatic heterocycles. The third kappa shape index (κ3) is 6.24. The minimum absolute atomic E-state index is 0.115. The number of sulfonamides is 1. The van der Waals surface area contributed by atoms with E-state index >= 15 is 0 Å². The lowest BCUT2D eigenvalue weighted by molar-refractivity contribution is -0.121. The van der Waals surface area contributed by atoms with Crippen LogP contribution in [0, 0.1) is 0 Å². The van der Waals surface area contributed by atoms with Crippen molar-refractivity contribution in [2.45, 2.75) is 17.4 Å². The molecule has 1 amide bonds. The number of rotatable bonds is 10. The normalized spacial score (nSPS) is 11.4. The van der Waals surface area contributed by atoms with Gasteiger partial charge in [-0.15, -0.1) is 0 Å². The van der Waals surface area contributed by atoms with Crippen LogP contribution in [0.25, 0.3) is 0 Å². The van der Waals surface area contributed by atoms with Gasteiger partial charge >= 0.3 is 0 Å². The Bertz CT molecular complexity index is 1030. The number of ether oxygens (including phenoxy) is 1. The zero-order chi connectivity index (χ0) is 22.1. The van der Waals surface area contributed by atoms with Crippen molar-refractivity contribution in [3.8, 4) is 0 Å². The summed E-state index contributed by atoms with van der Waals surface area (Å²) < 4.78 is 31.8. The Kier molecular flexibility index (Phi) is 7.94. The quantitative estimate of drug-likeness (QED) is 0.477. The Balaban J connectivity index is 1.69. The molecule has 2 N–H and O–H groups in total. The van der Waals surface area contributed by atoms with E-state index in [1.54, 1.807) is 12.1 Å². The van der Waals surface area contributed by atoms with Gasteiger partial charge in [-0.3, -0.25) is 4.79 Å². The lowest BCUT2D eigenvalue weighted by atomic mass is 9.90. The summed E-state index contributed by atoms with van der Waals surface area (Å²) >= 11 is 0. The molecule has 7 heteroatoms. The van der Waals surface area contributed by atoms with Crippen LogP contribution in [-0.4, -0.2) is 34.6 Å². The number of methoxy groups -OCH3 is 1. The summed E-state index contributed by atoms with van der Waals surface area (Å²) in [6.45, 7) is 0.802. The van der Waals surface area contributed by atoms with Crippen molar-refractivity contribution in [3.05, 3.63) is 102 Å². The van der Waals surface area contributed by atoms with E-state index in [-0.39, 0.29) is 17.3 Å². The summed E-state index contributed by atoms with van der Waals surface area (Å²) in [5.41, 5.74) is 2.63. The topological polar surface area (TPSA) is 84.5 Å². The van der Waals surface area contributed by atoms with Crippen molar-refractivity contribution in [3.63, 3.8) is 0 Å². The Labute approximate surface area is 183 Å². The average Bonchev–Trinajstić information content (AvgIpc) is 2.80. The molecule has 0 unspecified atom stereocenters. The molecule has 162 valence electrons. The standard InChI is InChI=1S/C24H26N2O4S/c1-30-17-16-26-31(28,29)22-14-12-19(13-15-22)18-25-24(27)23(20-8-4-2-5-9-20)21-10-6-3-7-11-21/h2-15,23,26H,16-18H2,1H3,(H,25,27). The van der Waals surface area contributed by atoms with Crippen LogP contribution in [0.2, 0.25) is 0 Å². The molecule has 0 fully saturated rings. The van der Waals surface area contributed by atoms with Crippen LogP contribution in [0.3, 0.4) is 0 Å². The third-order valence-electron chi connectivity index (χ3n) is 4.83. The van der Waals surface area contributed by atoms with Gasteiger partial charge in [-0.1, -0.05) is 72.8 Å². The first kappa shape index (κ1) is 22.7. The zero-order valence-electron chi connectivity index (χ0n) is 17.3. The van der Waals surface area contributed by atoms with Gasteiger partial charge in [-0.05, 0) is 28.8 Å². The number of carbonyl (C=O) groups excluding carboxylic acids is 1. The Morgan fingerprint density at radius 3 is 1.94 bits per heavy atom. The fourth-order valence-electron chi connectivity index (χ4n) is 3.23. The number of hydrogen-bond acceptors (Lipinski definition) is 4. The minimum Gasteiger partial charge on any atom is -0.383 e. The van der Waals surface area contributed by atoms with E-state index in [0.717, 1.165) is 16.7 Å². The van der Waals surface area contributed by atoms with E-state index in [0.29, 0.717) is 13.2 Å². The van der Waals surface area contributed by atoms with E-state index in [1.165, 1.54) is 19.2 Å². The molecule has 0 atom stereocenters. The highest BCUT2D eigenvalue weighted by Gasteiger charge is 2.22. The summed E-state index contributed by atoms with van der Waals surface area (Å²) in [6.07, 6.45) is 0. The van der Waals surface area contributed by atoms with Gasteiger partial charge in [0.2, 0.25) is 15.9 Å². The summed E-state index contributed by atoms with van der Waals surface area (Å²) in [4.78, 5) is 13.2. The lowest BCUT2D eigenvalue weighted by Crippen LogP contribution is -2.29. The van der Waals surface area contributed by atoms with Crippen LogP contribution in [0.15, 0.2) is 89.8 Å². The predicted octanol–water partition coefficient (Wildman–Crippen LogP) is 3.06. The predicted molar refractivity (Wildman–Crippen MR) is 120 cm³/mol. The third-order valence-corrected chi connectivity index (χ3v) is 6.30. The number of benzene rings is 3. The second kappa shape index (κ2) is 10.9. The second-order valence-corrected chi connectivity index (χ2v) is 8.77.